The molecule has 1 N–H and O–H groups in total. The third-order valence-corrected chi connectivity index (χ3v) is 4.82. The standard InChI is InChI=1S/C14H14ClN5O2S/c1-9-6-10(2)20-14(17-9)18-13(19-20)8-16-23(21,22)12-5-3-4-11(15)7-12/h3-7,16H,8H2,1-2H3. The summed E-state index contributed by atoms with van der Waals surface area (Å²) in [6.07, 6.45) is 0. The summed E-state index contributed by atoms with van der Waals surface area (Å²) in [5.74, 6) is 0.788. The fourth-order valence-electron chi connectivity index (χ4n) is 2.16. The average molecular weight is 352 g/mol. The van der Waals surface area contributed by atoms with Gasteiger partial charge >= 0.3 is 0 Å². The molecule has 120 valence electrons. The zero-order valence-corrected chi connectivity index (χ0v) is 14.1. The maximum atomic E-state index is 12.2. The van der Waals surface area contributed by atoms with Gasteiger partial charge in [0.25, 0.3) is 5.78 Å². The van der Waals surface area contributed by atoms with Crippen LogP contribution in [0.1, 0.15) is 17.2 Å². The maximum Gasteiger partial charge on any atom is 0.252 e. The Hall–Kier alpha value is -2.03. The van der Waals surface area contributed by atoms with Crippen LogP contribution in [0.5, 0.6) is 0 Å². The van der Waals surface area contributed by atoms with Crippen LogP contribution in [0.4, 0.5) is 0 Å². The van der Waals surface area contributed by atoms with E-state index >= 15 is 0 Å². The second-order valence-corrected chi connectivity index (χ2v) is 7.26. The molecule has 2 aromatic heterocycles. The molecule has 0 aliphatic carbocycles. The topological polar surface area (TPSA) is 89.2 Å². The number of hydrogen-bond acceptors (Lipinski definition) is 5. The van der Waals surface area contributed by atoms with Gasteiger partial charge in [0, 0.05) is 16.4 Å². The predicted octanol–water partition coefficient (Wildman–Crippen LogP) is 1.87. The maximum absolute atomic E-state index is 12.2. The fourth-order valence-corrected chi connectivity index (χ4v) is 3.44. The number of hydrogen-bond donors (Lipinski definition) is 1. The van der Waals surface area contributed by atoms with Crippen LogP contribution < -0.4 is 4.72 Å². The molecule has 23 heavy (non-hydrogen) atoms. The Labute approximate surface area is 138 Å². The van der Waals surface area contributed by atoms with E-state index in [0.717, 1.165) is 11.4 Å². The molecule has 0 amide bonds. The van der Waals surface area contributed by atoms with Crippen molar-refractivity contribution in [3.05, 3.63) is 52.6 Å². The Morgan fingerprint density at radius 1 is 1.22 bits per heavy atom. The molecule has 0 fully saturated rings. The first kappa shape index (κ1) is 15.9. The Kier molecular flexibility index (Phi) is 4.05. The van der Waals surface area contributed by atoms with Crippen molar-refractivity contribution in [1.29, 1.82) is 0 Å². The second-order valence-electron chi connectivity index (χ2n) is 5.06. The van der Waals surface area contributed by atoms with Gasteiger partial charge in [-0.15, -0.1) is 5.10 Å². The highest BCUT2D eigenvalue weighted by molar-refractivity contribution is 7.89. The Balaban J connectivity index is 1.84. The van der Waals surface area contributed by atoms with E-state index in [1.165, 1.54) is 12.1 Å². The summed E-state index contributed by atoms with van der Waals surface area (Å²) in [5, 5.41) is 4.61. The van der Waals surface area contributed by atoms with Gasteiger partial charge in [0.05, 0.1) is 11.4 Å². The van der Waals surface area contributed by atoms with Crippen LogP contribution in [0.3, 0.4) is 0 Å². The number of halogens is 1. The average Bonchev–Trinajstić information content (AvgIpc) is 2.88. The molecule has 0 aliphatic heterocycles. The molecule has 0 saturated carbocycles. The third-order valence-electron chi connectivity index (χ3n) is 3.19. The van der Waals surface area contributed by atoms with Crippen molar-refractivity contribution in [3.63, 3.8) is 0 Å². The van der Waals surface area contributed by atoms with Gasteiger partial charge in [-0.1, -0.05) is 17.7 Å². The summed E-state index contributed by atoms with van der Waals surface area (Å²) < 4.78 is 28.5. The van der Waals surface area contributed by atoms with E-state index in [1.54, 1.807) is 16.6 Å². The zero-order chi connectivity index (χ0) is 16.6. The third kappa shape index (κ3) is 3.34. The van der Waals surface area contributed by atoms with Crippen molar-refractivity contribution >= 4 is 27.4 Å². The molecule has 0 bridgehead atoms. The molecule has 0 unspecified atom stereocenters. The molecule has 3 aromatic rings. The van der Waals surface area contributed by atoms with Crippen LogP contribution in [-0.4, -0.2) is 28.0 Å². The molecular formula is C14H14ClN5O2S. The molecule has 0 spiro atoms. The lowest BCUT2D eigenvalue weighted by molar-refractivity contribution is 0.579. The highest BCUT2D eigenvalue weighted by Crippen LogP contribution is 2.15. The largest absolute Gasteiger partial charge is 0.252 e. The summed E-state index contributed by atoms with van der Waals surface area (Å²) in [4.78, 5) is 8.60. The lowest BCUT2D eigenvalue weighted by Crippen LogP contribution is -2.23. The van der Waals surface area contributed by atoms with E-state index in [4.69, 9.17) is 11.6 Å². The molecule has 3 rings (SSSR count). The van der Waals surface area contributed by atoms with Crippen LogP contribution in [0.2, 0.25) is 5.02 Å². The molecule has 1 aromatic carbocycles. The van der Waals surface area contributed by atoms with Crippen molar-refractivity contribution in [2.75, 3.05) is 0 Å². The van der Waals surface area contributed by atoms with Gasteiger partial charge in [0.15, 0.2) is 5.82 Å². The van der Waals surface area contributed by atoms with Gasteiger partial charge in [-0.3, -0.25) is 0 Å². The van der Waals surface area contributed by atoms with Crippen molar-refractivity contribution < 1.29 is 8.42 Å². The van der Waals surface area contributed by atoms with Crippen LogP contribution in [0.15, 0.2) is 35.2 Å². The molecular weight excluding hydrogens is 338 g/mol. The number of benzene rings is 1. The van der Waals surface area contributed by atoms with Crippen molar-refractivity contribution in [3.8, 4) is 0 Å². The lowest BCUT2D eigenvalue weighted by atomic mass is 10.4. The minimum absolute atomic E-state index is 0.0311. The van der Waals surface area contributed by atoms with Gasteiger partial charge in [-0.25, -0.2) is 22.6 Å². The van der Waals surface area contributed by atoms with Gasteiger partial charge < -0.3 is 0 Å². The number of nitrogens with one attached hydrogen (secondary N) is 1. The van der Waals surface area contributed by atoms with Crippen LogP contribution >= 0.6 is 11.6 Å². The minimum Gasteiger partial charge on any atom is -0.216 e. The number of rotatable bonds is 4. The van der Waals surface area contributed by atoms with E-state index in [0.29, 0.717) is 16.6 Å². The summed E-state index contributed by atoms with van der Waals surface area (Å²) in [7, 11) is -3.68. The van der Waals surface area contributed by atoms with Gasteiger partial charge in [-0.05, 0) is 38.1 Å². The summed E-state index contributed by atoms with van der Waals surface area (Å²) in [6.45, 7) is 3.72. The van der Waals surface area contributed by atoms with E-state index in [2.05, 4.69) is 19.8 Å². The number of nitrogens with zero attached hydrogens (tertiary/aromatic N) is 4. The molecule has 2 heterocycles. The highest BCUT2D eigenvalue weighted by atomic mass is 35.5. The minimum atomic E-state index is -3.68. The molecule has 0 aliphatic rings. The second kappa shape index (κ2) is 5.88. The van der Waals surface area contributed by atoms with E-state index in [-0.39, 0.29) is 11.4 Å². The van der Waals surface area contributed by atoms with Crippen molar-refractivity contribution in [2.24, 2.45) is 0 Å². The first-order chi connectivity index (χ1) is 10.8. The molecule has 0 radical (unpaired) electrons. The Morgan fingerprint density at radius 3 is 2.74 bits per heavy atom. The monoisotopic (exact) mass is 351 g/mol. The van der Waals surface area contributed by atoms with Gasteiger partial charge in [0.1, 0.15) is 0 Å². The Bertz CT molecular complexity index is 984. The molecule has 0 atom stereocenters. The normalized spacial score (nSPS) is 12.0. The van der Waals surface area contributed by atoms with E-state index < -0.39 is 10.0 Å². The quantitative estimate of drug-likeness (QED) is 0.775. The van der Waals surface area contributed by atoms with E-state index in [9.17, 15) is 8.42 Å². The molecule has 0 saturated heterocycles. The SMILES string of the molecule is Cc1cc(C)n2nc(CNS(=O)(=O)c3cccc(Cl)c3)nc2n1. The number of aryl methyl sites for hydroxylation is 2. The van der Waals surface area contributed by atoms with Crippen molar-refractivity contribution in [1.82, 2.24) is 24.3 Å². The fraction of sp³-hybridized carbons (Fsp3) is 0.214. The van der Waals surface area contributed by atoms with Crippen LogP contribution in [0.25, 0.3) is 5.78 Å². The highest BCUT2D eigenvalue weighted by Gasteiger charge is 2.16. The van der Waals surface area contributed by atoms with Crippen molar-refractivity contribution in [2.45, 2.75) is 25.3 Å². The van der Waals surface area contributed by atoms with E-state index in [1.807, 2.05) is 19.9 Å². The summed E-state index contributed by atoms with van der Waals surface area (Å²) >= 11 is 5.83. The van der Waals surface area contributed by atoms with Crippen LogP contribution in [-0.2, 0) is 16.6 Å². The summed E-state index contributed by atoms with van der Waals surface area (Å²) in [5.41, 5.74) is 1.71. The zero-order valence-electron chi connectivity index (χ0n) is 12.5. The van der Waals surface area contributed by atoms with Crippen LogP contribution in [0, 0.1) is 13.8 Å². The number of aromatic nitrogens is 4. The summed E-state index contributed by atoms with van der Waals surface area (Å²) in [6, 6.07) is 7.93. The first-order valence-corrected chi connectivity index (χ1v) is 8.66. The first-order valence-electron chi connectivity index (χ1n) is 6.80. The lowest BCUT2D eigenvalue weighted by Gasteiger charge is -2.04. The van der Waals surface area contributed by atoms with Gasteiger partial charge in [0.2, 0.25) is 10.0 Å². The molecule has 9 heteroatoms. The number of sulfonamides is 1. The Morgan fingerprint density at radius 2 is 2.00 bits per heavy atom. The molecule has 7 nitrogen and oxygen atoms in total. The van der Waals surface area contributed by atoms with Gasteiger partial charge in [-0.2, -0.15) is 4.98 Å². The smallest absolute Gasteiger partial charge is 0.216 e. The number of fused-ring (bicyclic) bond motifs is 1. The predicted molar refractivity (Wildman–Crippen MR) is 85.7 cm³/mol.